The van der Waals surface area contributed by atoms with Gasteiger partial charge in [-0.15, -0.1) is 0 Å². The van der Waals surface area contributed by atoms with E-state index in [1.165, 1.54) is 12.1 Å². The number of nitrogens with two attached hydrogens (primary N) is 1. The Hall–Kier alpha value is -1.42. The second kappa shape index (κ2) is 3.53. The number of carbonyl (C=O) groups is 1. The predicted molar refractivity (Wildman–Crippen MR) is 63.0 cm³/mol. The molecule has 0 bridgehead atoms. The summed E-state index contributed by atoms with van der Waals surface area (Å²) in [5.41, 5.74) is 6.79. The second-order valence-corrected chi connectivity index (χ2v) is 5.11. The van der Waals surface area contributed by atoms with Crippen molar-refractivity contribution < 1.29 is 9.18 Å². The summed E-state index contributed by atoms with van der Waals surface area (Å²) in [7, 11) is 0. The van der Waals surface area contributed by atoms with Crippen molar-refractivity contribution >= 4 is 11.6 Å². The highest BCUT2D eigenvalue weighted by molar-refractivity contribution is 5.95. The zero-order chi connectivity index (χ0) is 12.0. The van der Waals surface area contributed by atoms with Crippen molar-refractivity contribution in [2.75, 3.05) is 11.4 Å². The molecule has 1 saturated heterocycles. The van der Waals surface area contributed by atoms with Crippen LogP contribution in [0.2, 0.25) is 0 Å². The van der Waals surface area contributed by atoms with Crippen molar-refractivity contribution in [2.45, 2.75) is 24.8 Å². The Bertz CT molecular complexity index is 453. The number of halogens is 1. The lowest BCUT2D eigenvalue weighted by atomic mass is 9.97. The lowest BCUT2D eigenvalue weighted by Gasteiger charge is -2.19. The first kappa shape index (κ1) is 10.7. The van der Waals surface area contributed by atoms with Gasteiger partial charge in [-0.2, -0.15) is 0 Å². The Morgan fingerprint density at radius 3 is 2.53 bits per heavy atom. The molecule has 0 radical (unpaired) electrons. The maximum absolute atomic E-state index is 12.8. The minimum atomic E-state index is -0.283. The van der Waals surface area contributed by atoms with Crippen LogP contribution >= 0.6 is 0 Å². The fourth-order valence-corrected chi connectivity index (χ4v) is 2.52. The van der Waals surface area contributed by atoms with Gasteiger partial charge in [-0.25, -0.2) is 4.39 Å². The molecule has 3 nitrogen and oxygen atoms in total. The number of nitrogens with zero attached hydrogens (tertiary/aromatic N) is 1. The number of hydrogen-bond acceptors (Lipinski definition) is 2. The third-order valence-corrected chi connectivity index (χ3v) is 3.90. The first-order chi connectivity index (χ1) is 8.08. The third kappa shape index (κ3) is 1.82. The van der Waals surface area contributed by atoms with E-state index >= 15 is 0 Å². The van der Waals surface area contributed by atoms with E-state index in [-0.39, 0.29) is 23.2 Å². The summed E-state index contributed by atoms with van der Waals surface area (Å²) in [5, 5.41) is 0. The van der Waals surface area contributed by atoms with Gasteiger partial charge >= 0.3 is 0 Å². The minimum absolute atomic E-state index is 0.0957. The van der Waals surface area contributed by atoms with Gasteiger partial charge in [-0.3, -0.25) is 4.79 Å². The molecule has 2 fully saturated rings. The fourth-order valence-electron chi connectivity index (χ4n) is 2.52. The predicted octanol–water partition coefficient (Wildman–Crippen LogP) is 1.67. The van der Waals surface area contributed by atoms with Gasteiger partial charge in [0.05, 0.1) is 0 Å². The number of benzene rings is 1. The molecule has 1 atom stereocenters. The maximum atomic E-state index is 12.8. The maximum Gasteiger partial charge on any atom is 0.227 e. The van der Waals surface area contributed by atoms with Crippen LogP contribution in [0.15, 0.2) is 24.3 Å². The standard InChI is InChI=1S/C13H15FN2O/c14-10-1-3-11(4-2-10)16-8-9(7-12(16)17)13(15)5-6-13/h1-4,9H,5-8,15H2. The van der Waals surface area contributed by atoms with Gasteiger partial charge in [0, 0.05) is 30.1 Å². The van der Waals surface area contributed by atoms with Gasteiger partial charge < -0.3 is 10.6 Å². The molecule has 1 aliphatic heterocycles. The number of anilines is 1. The molecule has 2 N–H and O–H groups in total. The van der Waals surface area contributed by atoms with Gasteiger partial charge in [-0.05, 0) is 37.1 Å². The molecule has 1 aromatic rings. The molecule has 4 heteroatoms. The first-order valence-corrected chi connectivity index (χ1v) is 5.93. The molecule has 2 aliphatic rings. The Labute approximate surface area is 99.4 Å². The van der Waals surface area contributed by atoms with E-state index in [4.69, 9.17) is 5.73 Å². The summed E-state index contributed by atoms with van der Waals surface area (Å²) in [6.45, 7) is 0.668. The van der Waals surface area contributed by atoms with E-state index in [9.17, 15) is 9.18 Å². The normalized spacial score (nSPS) is 26.4. The highest BCUT2D eigenvalue weighted by Gasteiger charge is 2.50. The van der Waals surface area contributed by atoms with Gasteiger partial charge in [0.15, 0.2) is 0 Å². The zero-order valence-electron chi connectivity index (χ0n) is 9.53. The summed E-state index contributed by atoms with van der Waals surface area (Å²) in [5.74, 6) is 0.0628. The van der Waals surface area contributed by atoms with E-state index in [0.717, 1.165) is 18.5 Å². The number of hydrogen-bond donors (Lipinski definition) is 1. The second-order valence-electron chi connectivity index (χ2n) is 5.11. The highest BCUT2D eigenvalue weighted by atomic mass is 19.1. The smallest absolute Gasteiger partial charge is 0.227 e. The first-order valence-electron chi connectivity index (χ1n) is 5.93. The van der Waals surface area contributed by atoms with Gasteiger partial charge in [0.1, 0.15) is 5.82 Å². The molecule has 1 saturated carbocycles. The van der Waals surface area contributed by atoms with Gasteiger partial charge in [0.2, 0.25) is 5.91 Å². The van der Waals surface area contributed by atoms with Crippen molar-refractivity contribution in [3.8, 4) is 0 Å². The molecule has 17 heavy (non-hydrogen) atoms. The average Bonchev–Trinajstić information content (AvgIpc) is 2.93. The molecule has 1 heterocycles. The Balaban J connectivity index is 1.80. The third-order valence-electron chi connectivity index (χ3n) is 3.90. The summed E-state index contributed by atoms with van der Waals surface area (Å²) in [6, 6.07) is 6.05. The molecule has 0 aromatic heterocycles. The van der Waals surface area contributed by atoms with Crippen LogP contribution in [0.4, 0.5) is 10.1 Å². The van der Waals surface area contributed by atoms with Crippen molar-refractivity contribution in [3.63, 3.8) is 0 Å². The number of rotatable bonds is 2. The summed E-state index contributed by atoms with van der Waals surface area (Å²) in [4.78, 5) is 13.6. The quantitative estimate of drug-likeness (QED) is 0.846. The Morgan fingerprint density at radius 2 is 1.94 bits per heavy atom. The molecular weight excluding hydrogens is 219 g/mol. The summed E-state index contributed by atoms with van der Waals surface area (Å²) < 4.78 is 12.8. The van der Waals surface area contributed by atoms with Crippen LogP contribution in [0.1, 0.15) is 19.3 Å². The summed E-state index contributed by atoms with van der Waals surface area (Å²) >= 11 is 0. The molecule has 3 rings (SSSR count). The molecule has 1 aliphatic carbocycles. The van der Waals surface area contributed by atoms with Crippen molar-refractivity contribution in [3.05, 3.63) is 30.1 Å². The van der Waals surface area contributed by atoms with Crippen LogP contribution in [-0.2, 0) is 4.79 Å². The monoisotopic (exact) mass is 234 g/mol. The van der Waals surface area contributed by atoms with Crippen LogP contribution in [0.3, 0.4) is 0 Å². The number of amides is 1. The van der Waals surface area contributed by atoms with E-state index < -0.39 is 0 Å². The molecule has 0 spiro atoms. The molecular formula is C13H15FN2O. The van der Waals surface area contributed by atoms with Crippen LogP contribution in [0.25, 0.3) is 0 Å². The molecule has 1 amide bonds. The van der Waals surface area contributed by atoms with E-state index in [0.29, 0.717) is 13.0 Å². The van der Waals surface area contributed by atoms with Crippen LogP contribution in [-0.4, -0.2) is 18.0 Å². The van der Waals surface area contributed by atoms with E-state index in [2.05, 4.69) is 0 Å². The van der Waals surface area contributed by atoms with Gasteiger partial charge in [-0.1, -0.05) is 0 Å². The van der Waals surface area contributed by atoms with E-state index in [1.807, 2.05) is 0 Å². The van der Waals surface area contributed by atoms with Crippen molar-refractivity contribution in [1.29, 1.82) is 0 Å². The minimum Gasteiger partial charge on any atom is -0.325 e. The average molecular weight is 234 g/mol. The number of carbonyl (C=O) groups excluding carboxylic acids is 1. The zero-order valence-corrected chi connectivity index (χ0v) is 9.53. The molecule has 1 aromatic carbocycles. The Kier molecular flexibility index (Phi) is 2.23. The van der Waals surface area contributed by atoms with Gasteiger partial charge in [0.25, 0.3) is 0 Å². The Morgan fingerprint density at radius 1 is 1.29 bits per heavy atom. The van der Waals surface area contributed by atoms with Crippen molar-refractivity contribution in [1.82, 2.24) is 0 Å². The SMILES string of the molecule is NC1(C2CC(=O)N(c3ccc(F)cc3)C2)CC1. The van der Waals surface area contributed by atoms with E-state index in [1.54, 1.807) is 17.0 Å². The van der Waals surface area contributed by atoms with Crippen LogP contribution in [0.5, 0.6) is 0 Å². The van der Waals surface area contributed by atoms with Crippen LogP contribution in [0, 0.1) is 11.7 Å². The van der Waals surface area contributed by atoms with Crippen LogP contribution < -0.4 is 10.6 Å². The van der Waals surface area contributed by atoms with Crippen molar-refractivity contribution in [2.24, 2.45) is 11.7 Å². The highest BCUT2D eigenvalue weighted by Crippen LogP contribution is 2.44. The lowest BCUT2D eigenvalue weighted by Crippen LogP contribution is -2.34. The molecule has 1 unspecified atom stereocenters. The largest absolute Gasteiger partial charge is 0.325 e. The topological polar surface area (TPSA) is 46.3 Å². The fraction of sp³-hybridized carbons (Fsp3) is 0.462. The lowest BCUT2D eigenvalue weighted by molar-refractivity contribution is -0.117. The molecule has 90 valence electrons. The summed E-state index contributed by atoms with van der Waals surface area (Å²) in [6.07, 6.45) is 2.55.